The van der Waals surface area contributed by atoms with Crippen molar-refractivity contribution < 1.29 is 23.8 Å². The maximum Gasteiger partial charge on any atom is 0.337 e. The first-order valence-electron chi connectivity index (χ1n) is 6.37. The second-order valence-electron chi connectivity index (χ2n) is 4.40. The number of carbonyl (C=O) groups is 2. The average molecular weight is 268 g/mol. The molecule has 0 saturated carbocycles. The van der Waals surface area contributed by atoms with Crippen LogP contribution in [0.3, 0.4) is 0 Å². The summed E-state index contributed by atoms with van der Waals surface area (Å²) < 4.78 is 14.9. The van der Waals surface area contributed by atoms with Crippen molar-refractivity contribution in [2.75, 3.05) is 19.8 Å². The van der Waals surface area contributed by atoms with Gasteiger partial charge in [0.1, 0.15) is 12.7 Å². The highest BCUT2D eigenvalue weighted by Crippen LogP contribution is 2.11. The van der Waals surface area contributed by atoms with Crippen molar-refractivity contribution in [1.82, 2.24) is 0 Å². The molecule has 0 radical (unpaired) electrons. The second kappa shape index (κ2) is 7.74. The van der Waals surface area contributed by atoms with Crippen molar-refractivity contribution in [1.29, 1.82) is 0 Å². The predicted molar refractivity (Wildman–Crippen MR) is 69.5 cm³/mol. The number of epoxide rings is 1. The summed E-state index contributed by atoms with van der Waals surface area (Å²) in [6, 6.07) is 0. The molecule has 0 aromatic rings. The van der Waals surface area contributed by atoms with Crippen molar-refractivity contribution >= 4 is 11.9 Å². The predicted octanol–water partition coefficient (Wildman–Crippen LogP) is 1.77. The zero-order valence-corrected chi connectivity index (χ0v) is 11.4. The molecule has 1 saturated heterocycles. The van der Waals surface area contributed by atoms with Crippen molar-refractivity contribution in [3.8, 4) is 0 Å². The Kier molecular flexibility index (Phi) is 6.29. The van der Waals surface area contributed by atoms with Crippen LogP contribution in [0.5, 0.6) is 0 Å². The van der Waals surface area contributed by atoms with E-state index in [0.717, 1.165) is 12.8 Å². The highest BCUT2D eigenvalue weighted by atomic mass is 16.6. The fourth-order valence-electron chi connectivity index (χ4n) is 1.23. The molecule has 1 aliphatic heterocycles. The summed E-state index contributed by atoms with van der Waals surface area (Å²) in [6.45, 7) is 8.40. The summed E-state index contributed by atoms with van der Waals surface area (Å²) in [6.07, 6.45) is 3.17. The van der Waals surface area contributed by atoms with Crippen LogP contribution in [0.1, 0.15) is 26.7 Å². The first-order chi connectivity index (χ1) is 9.04. The molecule has 1 atom stereocenters. The molecule has 0 amide bonds. The lowest BCUT2D eigenvalue weighted by atomic mass is 10.2. The van der Waals surface area contributed by atoms with Crippen LogP contribution >= 0.6 is 0 Å². The zero-order chi connectivity index (χ0) is 14.3. The summed E-state index contributed by atoms with van der Waals surface area (Å²) in [5.41, 5.74) is 0.464. The Balaban J connectivity index is 2.35. The molecule has 1 aliphatic rings. The Hall–Kier alpha value is -1.62. The highest BCUT2D eigenvalue weighted by Gasteiger charge is 2.24. The highest BCUT2D eigenvalue weighted by molar-refractivity contribution is 5.95. The third-order valence-corrected chi connectivity index (χ3v) is 2.51. The Bertz CT molecular complexity index is 379. The smallest absolute Gasteiger partial charge is 0.337 e. The molecule has 1 fully saturated rings. The first kappa shape index (κ1) is 15.4. The molecular weight excluding hydrogens is 248 g/mol. The van der Waals surface area contributed by atoms with Gasteiger partial charge in [-0.1, -0.05) is 19.9 Å². The van der Waals surface area contributed by atoms with Crippen LogP contribution in [0, 0.1) is 0 Å². The molecule has 0 aliphatic carbocycles. The average Bonchev–Trinajstić information content (AvgIpc) is 3.19. The van der Waals surface area contributed by atoms with Gasteiger partial charge in [0.15, 0.2) is 0 Å². The summed E-state index contributed by atoms with van der Waals surface area (Å²) in [5.74, 6) is -0.982. The van der Waals surface area contributed by atoms with Crippen LogP contribution < -0.4 is 0 Å². The van der Waals surface area contributed by atoms with Crippen LogP contribution in [-0.2, 0) is 23.8 Å². The van der Waals surface area contributed by atoms with Gasteiger partial charge in [0.25, 0.3) is 0 Å². The number of hydrogen-bond donors (Lipinski definition) is 0. The maximum atomic E-state index is 11.6. The van der Waals surface area contributed by atoms with E-state index < -0.39 is 11.9 Å². The number of rotatable bonds is 8. The van der Waals surface area contributed by atoms with E-state index in [-0.39, 0.29) is 18.3 Å². The molecule has 1 unspecified atom stereocenters. The van der Waals surface area contributed by atoms with Crippen molar-refractivity contribution in [3.05, 3.63) is 23.8 Å². The molecule has 0 spiro atoms. The van der Waals surface area contributed by atoms with E-state index in [1.807, 2.05) is 6.92 Å². The van der Waals surface area contributed by atoms with Crippen LogP contribution in [-0.4, -0.2) is 37.9 Å². The molecule has 1 rings (SSSR count). The first-order valence-corrected chi connectivity index (χ1v) is 6.37. The Morgan fingerprint density at radius 3 is 2.63 bits per heavy atom. The standard InChI is InChI=1S/C14H20O5/c1-4-5-6-17-13(15)10(2)7-11(3)14(16)19-9-12-8-18-12/h7,12H,2,4-6,8-9H2,1,3H3/b11-7+. The van der Waals surface area contributed by atoms with Gasteiger partial charge in [-0.15, -0.1) is 0 Å². The lowest BCUT2D eigenvalue weighted by Gasteiger charge is -2.05. The molecule has 106 valence electrons. The van der Waals surface area contributed by atoms with E-state index >= 15 is 0 Å². The molecule has 0 aromatic carbocycles. The van der Waals surface area contributed by atoms with Gasteiger partial charge in [-0.3, -0.25) is 0 Å². The van der Waals surface area contributed by atoms with Crippen molar-refractivity contribution in [2.45, 2.75) is 32.8 Å². The lowest BCUT2D eigenvalue weighted by molar-refractivity contribution is -0.139. The van der Waals surface area contributed by atoms with Gasteiger partial charge in [-0.2, -0.15) is 0 Å². The van der Waals surface area contributed by atoms with Crippen LogP contribution in [0.2, 0.25) is 0 Å². The number of ether oxygens (including phenoxy) is 3. The minimum absolute atomic E-state index is 0.0268. The Morgan fingerprint density at radius 2 is 2.05 bits per heavy atom. The van der Waals surface area contributed by atoms with E-state index in [4.69, 9.17) is 14.2 Å². The summed E-state index contributed by atoms with van der Waals surface area (Å²) in [7, 11) is 0. The second-order valence-corrected chi connectivity index (χ2v) is 4.40. The van der Waals surface area contributed by atoms with Gasteiger partial charge >= 0.3 is 11.9 Å². The summed E-state index contributed by atoms with van der Waals surface area (Å²) in [5, 5.41) is 0. The van der Waals surface area contributed by atoms with Crippen LogP contribution in [0.4, 0.5) is 0 Å². The van der Waals surface area contributed by atoms with Crippen molar-refractivity contribution in [3.63, 3.8) is 0 Å². The minimum Gasteiger partial charge on any atom is -0.462 e. The van der Waals surface area contributed by atoms with Gasteiger partial charge < -0.3 is 14.2 Å². The number of hydrogen-bond acceptors (Lipinski definition) is 5. The third-order valence-electron chi connectivity index (χ3n) is 2.51. The zero-order valence-electron chi connectivity index (χ0n) is 11.4. The van der Waals surface area contributed by atoms with E-state index in [1.165, 1.54) is 6.08 Å². The van der Waals surface area contributed by atoms with E-state index in [1.54, 1.807) is 6.92 Å². The molecule has 19 heavy (non-hydrogen) atoms. The summed E-state index contributed by atoms with van der Waals surface area (Å²) >= 11 is 0. The maximum absolute atomic E-state index is 11.6. The summed E-state index contributed by atoms with van der Waals surface area (Å²) in [4.78, 5) is 23.1. The van der Waals surface area contributed by atoms with Gasteiger partial charge in [0.05, 0.1) is 18.8 Å². The lowest BCUT2D eigenvalue weighted by Crippen LogP contribution is -2.12. The fourth-order valence-corrected chi connectivity index (χ4v) is 1.23. The largest absolute Gasteiger partial charge is 0.462 e. The molecule has 0 aromatic heterocycles. The van der Waals surface area contributed by atoms with E-state index in [2.05, 4.69) is 6.58 Å². The van der Waals surface area contributed by atoms with E-state index in [0.29, 0.717) is 18.8 Å². The Labute approximate surface area is 113 Å². The van der Waals surface area contributed by atoms with Gasteiger partial charge in [-0.25, -0.2) is 9.59 Å². The number of esters is 2. The van der Waals surface area contributed by atoms with Gasteiger partial charge in [-0.05, 0) is 19.4 Å². The molecule has 0 bridgehead atoms. The number of unbranched alkanes of at least 4 members (excludes halogenated alkanes) is 1. The molecule has 1 heterocycles. The molecular formula is C14H20O5. The Morgan fingerprint density at radius 1 is 1.37 bits per heavy atom. The third kappa shape index (κ3) is 6.20. The van der Waals surface area contributed by atoms with Crippen molar-refractivity contribution in [2.24, 2.45) is 0 Å². The fraction of sp³-hybridized carbons (Fsp3) is 0.571. The number of carbonyl (C=O) groups excluding carboxylic acids is 2. The normalized spacial score (nSPS) is 17.8. The van der Waals surface area contributed by atoms with E-state index in [9.17, 15) is 9.59 Å². The van der Waals surface area contributed by atoms with Crippen LogP contribution in [0.25, 0.3) is 0 Å². The molecule has 5 nitrogen and oxygen atoms in total. The monoisotopic (exact) mass is 268 g/mol. The topological polar surface area (TPSA) is 65.1 Å². The van der Waals surface area contributed by atoms with Gasteiger partial charge in [0.2, 0.25) is 0 Å². The molecule has 5 heteroatoms. The van der Waals surface area contributed by atoms with Gasteiger partial charge in [0, 0.05) is 5.57 Å². The van der Waals surface area contributed by atoms with Crippen LogP contribution in [0.15, 0.2) is 23.8 Å². The quantitative estimate of drug-likeness (QED) is 0.221. The minimum atomic E-state index is -0.508. The SMILES string of the molecule is C=C(/C=C(\C)C(=O)OCC1CO1)C(=O)OCCCC. The molecule has 0 N–H and O–H groups in total.